The number of hydrogen-bond donors (Lipinski definition) is 2. The van der Waals surface area contributed by atoms with Crippen LogP contribution in [-0.2, 0) is 10.4 Å². The van der Waals surface area contributed by atoms with Crippen molar-refractivity contribution in [2.75, 3.05) is 0 Å². The number of rotatable bonds is 9. The molecule has 0 atom stereocenters. The fraction of sp³-hybridized carbons (Fsp3) is 0.259. The van der Waals surface area contributed by atoms with Gasteiger partial charge < -0.3 is 14.6 Å². The highest BCUT2D eigenvalue weighted by Crippen LogP contribution is 2.30. The van der Waals surface area contributed by atoms with Crippen LogP contribution in [0.1, 0.15) is 44.4 Å². The Labute approximate surface area is 194 Å². The lowest BCUT2D eigenvalue weighted by Crippen LogP contribution is -2.43. The number of aliphatic hydroxyl groups is 1. The van der Waals surface area contributed by atoms with Gasteiger partial charge in [-0.05, 0) is 51.0 Å². The number of nitrogens with zero attached hydrogens (tertiary/aromatic N) is 1. The Bertz CT molecular complexity index is 1040. The Balaban J connectivity index is 1.87. The maximum Gasteiger partial charge on any atom is 0.281 e. The number of carbonyl (C=O) groups excluding carboxylic acids is 1. The second kappa shape index (κ2) is 10.8. The molecule has 0 saturated carbocycles. The summed E-state index contributed by atoms with van der Waals surface area (Å²) in [4.78, 5) is 13.2. The van der Waals surface area contributed by atoms with Crippen LogP contribution in [0.25, 0.3) is 0 Å². The van der Waals surface area contributed by atoms with Gasteiger partial charge in [0.1, 0.15) is 11.5 Å². The number of carbonyl (C=O) groups is 1. The molecule has 33 heavy (non-hydrogen) atoms. The summed E-state index contributed by atoms with van der Waals surface area (Å²) in [5, 5.41) is 15.6. The highest BCUT2D eigenvalue weighted by Gasteiger charge is 2.39. The molecule has 0 aliphatic heterocycles. The third kappa shape index (κ3) is 5.99. The van der Waals surface area contributed by atoms with Gasteiger partial charge in [-0.25, -0.2) is 5.43 Å². The predicted molar refractivity (Wildman–Crippen MR) is 130 cm³/mol. The quantitative estimate of drug-likeness (QED) is 0.370. The molecule has 6 nitrogen and oxygen atoms in total. The first-order valence-electron chi connectivity index (χ1n) is 10.9. The zero-order valence-electron chi connectivity index (χ0n) is 19.4. The van der Waals surface area contributed by atoms with Gasteiger partial charge in [-0.15, -0.1) is 0 Å². The molecular formula is C27H30N2O4. The van der Waals surface area contributed by atoms with Crippen molar-refractivity contribution < 1.29 is 19.4 Å². The lowest BCUT2D eigenvalue weighted by molar-refractivity contribution is -0.136. The third-order valence-corrected chi connectivity index (χ3v) is 4.80. The van der Waals surface area contributed by atoms with Crippen LogP contribution >= 0.6 is 0 Å². The van der Waals surface area contributed by atoms with Crippen LogP contribution in [0.5, 0.6) is 11.5 Å². The van der Waals surface area contributed by atoms with Crippen molar-refractivity contribution in [1.29, 1.82) is 0 Å². The minimum Gasteiger partial charge on any atom is -0.491 e. The maximum absolute atomic E-state index is 13.2. The van der Waals surface area contributed by atoms with Crippen LogP contribution < -0.4 is 14.9 Å². The zero-order chi connectivity index (χ0) is 23.8. The van der Waals surface area contributed by atoms with Gasteiger partial charge in [0.25, 0.3) is 5.91 Å². The Kier molecular flexibility index (Phi) is 7.85. The van der Waals surface area contributed by atoms with Gasteiger partial charge in [0, 0.05) is 11.6 Å². The maximum atomic E-state index is 13.2. The molecule has 3 aromatic carbocycles. The van der Waals surface area contributed by atoms with Crippen molar-refractivity contribution in [3.05, 3.63) is 95.6 Å². The van der Waals surface area contributed by atoms with E-state index in [-0.39, 0.29) is 12.2 Å². The van der Waals surface area contributed by atoms with E-state index in [1.807, 2.05) is 52.0 Å². The number of hydrogen-bond acceptors (Lipinski definition) is 5. The first kappa shape index (κ1) is 24.0. The second-order valence-corrected chi connectivity index (χ2v) is 8.17. The number of hydrazone groups is 1. The van der Waals surface area contributed by atoms with Crippen molar-refractivity contribution >= 4 is 12.1 Å². The molecule has 2 N–H and O–H groups in total. The summed E-state index contributed by atoms with van der Waals surface area (Å²) in [5.74, 6) is 0.606. The Morgan fingerprint density at radius 1 is 0.879 bits per heavy atom. The molecule has 6 heteroatoms. The molecule has 172 valence electrons. The van der Waals surface area contributed by atoms with Crippen molar-refractivity contribution in [2.24, 2.45) is 5.10 Å². The molecule has 0 radical (unpaired) electrons. The average molecular weight is 447 g/mol. The summed E-state index contributed by atoms with van der Waals surface area (Å²) in [7, 11) is 0. The molecule has 0 saturated heterocycles. The average Bonchev–Trinajstić information content (AvgIpc) is 2.80. The SMILES string of the molecule is CC(C)Oc1ccc(C=NNC(=O)C(O)(c2ccccc2)c2ccccc2)c(OC(C)C)c1. The van der Waals surface area contributed by atoms with Crippen LogP contribution in [0.15, 0.2) is 84.0 Å². The van der Waals surface area contributed by atoms with Crippen molar-refractivity contribution in [3.8, 4) is 11.5 Å². The topological polar surface area (TPSA) is 80.2 Å². The molecule has 0 spiro atoms. The summed E-state index contributed by atoms with van der Waals surface area (Å²) in [6.07, 6.45) is 1.47. The molecule has 0 bridgehead atoms. The van der Waals surface area contributed by atoms with Crippen molar-refractivity contribution in [3.63, 3.8) is 0 Å². The van der Waals surface area contributed by atoms with E-state index in [0.717, 1.165) is 0 Å². The van der Waals surface area contributed by atoms with Crippen LogP contribution in [-0.4, -0.2) is 29.4 Å². The lowest BCUT2D eigenvalue weighted by Gasteiger charge is -2.27. The summed E-state index contributed by atoms with van der Waals surface area (Å²) in [6, 6.07) is 23.0. The fourth-order valence-electron chi connectivity index (χ4n) is 3.35. The molecule has 3 rings (SSSR count). The first-order valence-corrected chi connectivity index (χ1v) is 10.9. The van der Waals surface area contributed by atoms with Crippen LogP contribution in [0.4, 0.5) is 0 Å². The molecule has 0 heterocycles. The van der Waals surface area contributed by atoms with Gasteiger partial charge in [-0.3, -0.25) is 4.79 Å². The molecule has 0 aromatic heterocycles. The number of amides is 1. The Morgan fingerprint density at radius 2 is 1.42 bits per heavy atom. The van der Waals surface area contributed by atoms with Gasteiger partial charge in [-0.1, -0.05) is 60.7 Å². The van der Waals surface area contributed by atoms with Gasteiger partial charge in [0.15, 0.2) is 5.60 Å². The minimum atomic E-state index is -1.90. The minimum absolute atomic E-state index is 0.0318. The summed E-state index contributed by atoms with van der Waals surface area (Å²) < 4.78 is 11.6. The third-order valence-electron chi connectivity index (χ3n) is 4.80. The monoisotopic (exact) mass is 446 g/mol. The molecule has 0 unspecified atom stereocenters. The second-order valence-electron chi connectivity index (χ2n) is 8.17. The zero-order valence-corrected chi connectivity index (χ0v) is 19.4. The fourth-order valence-corrected chi connectivity index (χ4v) is 3.35. The van der Waals surface area contributed by atoms with Gasteiger partial charge in [0.05, 0.1) is 18.4 Å². The molecule has 1 amide bonds. The Hall–Kier alpha value is -3.64. The molecule has 0 fully saturated rings. The normalized spacial score (nSPS) is 11.7. The largest absolute Gasteiger partial charge is 0.491 e. The van der Waals surface area contributed by atoms with E-state index in [4.69, 9.17) is 9.47 Å². The number of benzene rings is 3. The van der Waals surface area contributed by atoms with Crippen LogP contribution in [0, 0.1) is 0 Å². The van der Waals surface area contributed by atoms with Crippen molar-refractivity contribution in [2.45, 2.75) is 45.5 Å². The van der Waals surface area contributed by atoms with E-state index in [9.17, 15) is 9.90 Å². The molecular weight excluding hydrogens is 416 g/mol. The number of ether oxygens (including phenoxy) is 2. The van der Waals surface area contributed by atoms with E-state index in [2.05, 4.69) is 10.5 Å². The lowest BCUT2D eigenvalue weighted by atomic mass is 9.85. The standard InChI is InChI=1S/C27H30N2O4/c1-19(2)32-24-16-15-21(25(17-24)33-20(3)4)18-28-29-26(30)27(31,22-11-7-5-8-12-22)23-13-9-6-10-14-23/h5-20,31H,1-4H3,(H,29,30). The highest BCUT2D eigenvalue weighted by atomic mass is 16.5. The van der Waals surface area contributed by atoms with E-state index < -0.39 is 11.5 Å². The molecule has 3 aromatic rings. The first-order chi connectivity index (χ1) is 15.8. The van der Waals surface area contributed by atoms with Gasteiger partial charge >= 0.3 is 0 Å². The molecule has 0 aliphatic carbocycles. The summed E-state index contributed by atoms with van der Waals surface area (Å²) >= 11 is 0. The van der Waals surface area contributed by atoms with Gasteiger partial charge in [-0.2, -0.15) is 5.10 Å². The smallest absolute Gasteiger partial charge is 0.281 e. The summed E-state index contributed by atoms with van der Waals surface area (Å²) in [6.45, 7) is 7.76. The van der Waals surface area contributed by atoms with E-state index in [0.29, 0.717) is 28.2 Å². The molecule has 0 aliphatic rings. The highest BCUT2D eigenvalue weighted by molar-refractivity contribution is 5.91. The van der Waals surface area contributed by atoms with E-state index in [1.165, 1.54) is 6.21 Å². The van der Waals surface area contributed by atoms with Gasteiger partial charge in [0.2, 0.25) is 0 Å². The van der Waals surface area contributed by atoms with E-state index in [1.54, 1.807) is 54.6 Å². The predicted octanol–water partition coefficient (Wildman–Crippen LogP) is 4.65. The van der Waals surface area contributed by atoms with Crippen LogP contribution in [0.2, 0.25) is 0 Å². The number of nitrogens with one attached hydrogen (secondary N) is 1. The van der Waals surface area contributed by atoms with Crippen molar-refractivity contribution in [1.82, 2.24) is 5.43 Å². The van der Waals surface area contributed by atoms with Crippen LogP contribution in [0.3, 0.4) is 0 Å². The Morgan fingerprint density at radius 3 is 1.94 bits per heavy atom. The van der Waals surface area contributed by atoms with E-state index >= 15 is 0 Å². The summed E-state index contributed by atoms with van der Waals surface area (Å²) in [5.41, 5.74) is 2.16.